The quantitative estimate of drug-likeness (QED) is 0.880. The molecule has 2 atom stereocenters. The van der Waals surface area contributed by atoms with Crippen LogP contribution in [0.25, 0.3) is 0 Å². The van der Waals surface area contributed by atoms with Gasteiger partial charge in [-0.15, -0.1) is 0 Å². The van der Waals surface area contributed by atoms with E-state index in [9.17, 15) is 0 Å². The van der Waals surface area contributed by atoms with Gasteiger partial charge < -0.3 is 10.6 Å². The molecule has 0 bridgehead atoms. The van der Waals surface area contributed by atoms with Crippen molar-refractivity contribution in [1.82, 2.24) is 0 Å². The van der Waals surface area contributed by atoms with Gasteiger partial charge in [-0.3, -0.25) is 0 Å². The van der Waals surface area contributed by atoms with E-state index in [-0.39, 0.29) is 0 Å². The monoisotopic (exact) mass is 246 g/mol. The third kappa shape index (κ3) is 2.86. The minimum Gasteiger partial charge on any atom is -0.372 e. The average Bonchev–Trinajstić information content (AvgIpc) is 2.42. The molecule has 0 aliphatic heterocycles. The van der Waals surface area contributed by atoms with Gasteiger partial charge in [0.05, 0.1) is 0 Å². The van der Waals surface area contributed by atoms with E-state index >= 15 is 0 Å². The summed E-state index contributed by atoms with van der Waals surface area (Å²) in [5, 5.41) is 0. The summed E-state index contributed by atoms with van der Waals surface area (Å²) in [6.07, 6.45) is 5.07. The summed E-state index contributed by atoms with van der Waals surface area (Å²) >= 11 is 0. The summed E-state index contributed by atoms with van der Waals surface area (Å²) in [5.41, 5.74) is 9.01. The van der Waals surface area contributed by atoms with Crippen LogP contribution in [-0.4, -0.2) is 19.1 Å². The van der Waals surface area contributed by atoms with Crippen molar-refractivity contribution < 1.29 is 0 Å². The van der Waals surface area contributed by atoms with Crippen LogP contribution in [0.3, 0.4) is 0 Å². The Morgan fingerprint density at radius 1 is 1.06 bits per heavy atom. The Labute approximate surface area is 111 Å². The highest BCUT2D eigenvalue weighted by molar-refractivity contribution is 5.48. The molecule has 0 amide bonds. The number of hydrogen-bond acceptors (Lipinski definition) is 2. The van der Waals surface area contributed by atoms with Gasteiger partial charge in [-0.05, 0) is 50.3 Å². The largest absolute Gasteiger partial charge is 0.372 e. The molecule has 1 aromatic carbocycles. The molecule has 2 nitrogen and oxygen atoms in total. The molecule has 0 radical (unpaired) electrons. The average molecular weight is 246 g/mol. The summed E-state index contributed by atoms with van der Waals surface area (Å²) in [6, 6.07) is 9.43. The number of anilines is 1. The molecular formula is C16H26N2. The van der Waals surface area contributed by atoms with E-state index in [1.807, 2.05) is 0 Å². The fourth-order valence-corrected chi connectivity index (χ4v) is 3.09. The van der Waals surface area contributed by atoms with Crippen molar-refractivity contribution in [3.8, 4) is 0 Å². The van der Waals surface area contributed by atoms with Crippen LogP contribution in [-0.2, 0) is 0 Å². The van der Waals surface area contributed by atoms with E-state index in [4.69, 9.17) is 5.73 Å². The van der Waals surface area contributed by atoms with Crippen LogP contribution in [0.4, 0.5) is 5.69 Å². The summed E-state index contributed by atoms with van der Waals surface area (Å²) in [5.74, 6) is 0.574. The molecule has 0 saturated heterocycles. The molecule has 1 aliphatic rings. The third-order valence-electron chi connectivity index (χ3n) is 4.27. The second-order valence-electron chi connectivity index (χ2n) is 5.32. The fourth-order valence-electron chi connectivity index (χ4n) is 3.09. The Morgan fingerprint density at radius 3 is 2.22 bits per heavy atom. The Balaban J connectivity index is 2.11. The maximum absolute atomic E-state index is 6.25. The second kappa shape index (κ2) is 6.24. The smallest absolute Gasteiger partial charge is 0.0366 e. The highest BCUT2D eigenvalue weighted by atomic mass is 15.1. The van der Waals surface area contributed by atoms with Crippen LogP contribution in [0.1, 0.15) is 51.0 Å². The van der Waals surface area contributed by atoms with E-state index in [1.54, 1.807) is 0 Å². The Bertz CT molecular complexity index is 354. The van der Waals surface area contributed by atoms with Gasteiger partial charge in [-0.1, -0.05) is 25.0 Å². The first-order chi connectivity index (χ1) is 8.76. The molecule has 18 heavy (non-hydrogen) atoms. The lowest BCUT2D eigenvalue weighted by molar-refractivity contribution is 0.385. The van der Waals surface area contributed by atoms with Gasteiger partial charge in [0.25, 0.3) is 0 Å². The molecule has 2 heteroatoms. The standard InChI is InChI=1S/C16H26N2/c1-3-18(4-2)14-11-9-13(10-12-14)15-7-5-6-8-16(15)17/h9-12,15-16H,3-8,17H2,1-2H3. The normalized spacial score (nSPS) is 23.9. The van der Waals surface area contributed by atoms with Crippen molar-refractivity contribution in [1.29, 1.82) is 0 Å². The number of benzene rings is 1. The van der Waals surface area contributed by atoms with Crippen molar-refractivity contribution in [2.75, 3.05) is 18.0 Å². The van der Waals surface area contributed by atoms with Gasteiger partial charge in [0.1, 0.15) is 0 Å². The molecule has 0 spiro atoms. The Kier molecular flexibility index (Phi) is 4.65. The van der Waals surface area contributed by atoms with E-state index in [2.05, 4.69) is 43.0 Å². The minimum atomic E-state index is 0.359. The first-order valence-corrected chi connectivity index (χ1v) is 7.36. The van der Waals surface area contributed by atoms with Crippen molar-refractivity contribution in [2.24, 2.45) is 5.73 Å². The lowest BCUT2D eigenvalue weighted by atomic mass is 9.80. The molecule has 2 unspecified atom stereocenters. The molecule has 1 aromatic rings. The maximum Gasteiger partial charge on any atom is 0.0366 e. The van der Waals surface area contributed by atoms with Crippen molar-refractivity contribution >= 4 is 5.69 Å². The predicted octanol–water partition coefficient (Wildman–Crippen LogP) is 3.52. The zero-order valence-corrected chi connectivity index (χ0v) is 11.7. The molecule has 2 rings (SSSR count). The lowest BCUT2D eigenvalue weighted by Gasteiger charge is -2.29. The van der Waals surface area contributed by atoms with Crippen LogP contribution in [0, 0.1) is 0 Å². The van der Waals surface area contributed by atoms with Gasteiger partial charge in [0.15, 0.2) is 0 Å². The van der Waals surface area contributed by atoms with Crippen molar-refractivity contribution in [3.05, 3.63) is 29.8 Å². The molecule has 0 aromatic heterocycles. The molecule has 1 fully saturated rings. The fraction of sp³-hybridized carbons (Fsp3) is 0.625. The Morgan fingerprint density at radius 2 is 1.67 bits per heavy atom. The van der Waals surface area contributed by atoms with Crippen LogP contribution in [0.15, 0.2) is 24.3 Å². The number of rotatable bonds is 4. The topological polar surface area (TPSA) is 29.3 Å². The highest BCUT2D eigenvalue weighted by Crippen LogP contribution is 2.32. The highest BCUT2D eigenvalue weighted by Gasteiger charge is 2.23. The third-order valence-corrected chi connectivity index (χ3v) is 4.27. The van der Waals surface area contributed by atoms with Gasteiger partial charge in [-0.2, -0.15) is 0 Å². The van der Waals surface area contributed by atoms with Gasteiger partial charge in [0.2, 0.25) is 0 Å². The van der Waals surface area contributed by atoms with E-state index in [1.165, 1.54) is 36.9 Å². The molecular weight excluding hydrogens is 220 g/mol. The first kappa shape index (κ1) is 13.4. The molecule has 0 heterocycles. The number of nitrogens with zero attached hydrogens (tertiary/aromatic N) is 1. The van der Waals surface area contributed by atoms with Crippen LogP contribution >= 0.6 is 0 Å². The van der Waals surface area contributed by atoms with E-state index in [0.717, 1.165) is 13.1 Å². The summed E-state index contributed by atoms with van der Waals surface area (Å²) in [7, 11) is 0. The Hall–Kier alpha value is -1.02. The first-order valence-electron chi connectivity index (χ1n) is 7.36. The molecule has 100 valence electrons. The van der Waals surface area contributed by atoms with Gasteiger partial charge in [-0.25, -0.2) is 0 Å². The van der Waals surface area contributed by atoms with Crippen LogP contribution < -0.4 is 10.6 Å². The maximum atomic E-state index is 6.25. The van der Waals surface area contributed by atoms with E-state index in [0.29, 0.717) is 12.0 Å². The zero-order valence-electron chi connectivity index (χ0n) is 11.7. The second-order valence-corrected chi connectivity index (χ2v) is 5.32. The summed E-state index contributed by atoms with van der Waals surface area (Å²) in [4.78, 5) is 2.38. The predicted molar refractivity (Wildman–Crippen MR) is 79.2 cm³/mol. The molecule has 2 N–H and O–H groups in total. The van der Waals surface area contributed by atoms with Crippen LogP contribution in [0.2, 0.25) is 0 Å². The van der Waals surface area contributed by atoms with Crippen molar-refractivity contribution in [2.45, 2.75) is 51.5 Å². The zero-order chi connectivity index (χ0) is 13.0. The van der Waals surface area contributed by atoms with Gasteiger partial charge >= 0.3 is 0 Å². The summed E-state index contributed by atoms with van der Waals surface area (Å²) < 4.78 is 0. The number of hydrogen-bond donors (Lipinski definition) is 1. The van der Waals surface area contributed by atoms with Gasteiger partial charge in [0, 0.05) is 24.8 Å². The van der Waals surface area contributed by atoms with Crippen LogP contribution in [0.5, 0.6) is 0 Å². The molecule has 1 saturated carbocycles. The van der Waals surface area contributed by atoms with Crippen molar-refractivity contribution in [3.63, 3.8) is 0 Å². The minimum absolute atomic E-state index is 0.359. The van der Waals surface area contributed by atoms with E-state index < -0.39 is 0 Å². The SMILES string of the molecule is CCN(CC)c1ccc(C2CCCCC2N)cc1. The number of nitrogens with two attached hydrogens (primary N) is 1. The molecule has 1 aliphatic carbocycles. The lowest BCUT2D eigenvalue weighted by Crippen LogP contribution is -2.31. The summed E-state index contributed by atoms with van der Waals surface area (Å²) in [6.45, 7) is 6.54.